The summed E-state index contributed by atoms with van der Waals surface area (Å²) in [5, 5.41) is 7.80. The van der Waals surface area contributed by atoms with Gasteiger partial charge in [-0.25, -0.2) is 4.79 Å². The highest BCUT2D eigenvalue weighted by molar-refractivity contribution is 5.86. The highest BCUT2D eigenvalue weighted by atomic mass is 16.5. The van der Waals surface area contributed by atoms with E-state index in [-0.39, 0.29) is 18.4 Å². The lowest BCUT2D eigenvalue weighted by Crippen LogP contribution is -2.35. The molecule has 0 spiro atoms. The van der Waals surface area contributed by atoms with Gasteiger partial charge in [0.1, 0.15) is 6.61 Å². The third-order valence-corrected chi connectivity index (χ3v) is 3.69. The summed E-state index contributed by atoms with van der Waals surface area (Å²) in [6.45, 7) is 5.95. The number of amides is 2. The molecule has 0 fully saturated rings. The fourth-order valence-electron chi connectivity index (χ4n) is 2.56. The normalized spacial score (nSPS) is 11.5. The fourth-order valence-corrected chi connectivity index (χ4v) is 2.56. The van der Waals surface area contributed by atoms with E-state index in [9.17, 15) is 9.59 Å². The summed E-state index contributed by atoms with van der Waals surface area (Å²) in [4.78, 5) is 23.0. The second-order valence-electron chi connectivity index (χ2n) is 5.47. The van der Waals surface area contributed by atoms with Gasteiger partial charge in [0.15, 0.2) is 0 Å². The molecule has 2 aromatic carbocycles. The smallest absolute Gasteiger partial charge is 0.407 e. The molecule has 5 heteroatoms. The minimum Gasteiger partial charge on any atom is -0.445 e. The average molecular weight is 326 g/mol. The van der Waals surface area contributed by atoms with E-state index in [0.29, 0.717) is 13.1 Å². The minimum absolute atomic E-state index is 0.0590. The van der Waals surface area contributed by atoms with E-state index in [1.165, 1.54) is 13.0 Å². The van der Waals surface area contributed by atoms with E-state index in [2.05, 4.69) is 17.2 Å². The van der Waals surface area contributed by atoms with E-state index in [1.807, 2.05) is 42.5 Å². The Hall–Kier alpha value is -2.82. The van der Waals surface area contributed by atoms with Crippen LogP contribution in [0.2, 0.25) is 0 Å². The maximum absolute atomic E-state index is 11.7. The van der Waals surface area contributed by atoms with Crippen LogP contribution in [0.5, 0.6) is 0 Å². The Morgan fingerprint density at radius 2 is 1.83 bits per heavy atom. The van der Waals surface area contributed by atoms with Crippen molar-refractivity contribution < 1.29 is 14.3 Å². The van der Waals surface area contributed by atoms with Gasteiger partial charge in [0.2, 0.25) is 5.91 Å². The second-order valence-corrected chi connectivity index (χ2v) is 5.47. The van der Waals surface area contributed by atoms with Crippen LogP contribution >= 0.6 is 0 Å². The molecule has 1 unspecified atom stereocenters. The molecule has 126 valence electrons. The van der Waals surface area contributed by atoms with Crippen molar-refractivity contribution >= 4 is 22.8 Å². The first-order chi connectivity index (χ1) is 11.6. The van der Waals surface area contributed by atoms with Gasteiger partial charge in [-0.1, -0.05) is 55.1 Å². The number of nitrogens with one attached hydrogen (secondary N) is 2. The summed E-state index contributed by atoms with van der Waals surface area (Å²) in [7, 11) is 0. The van der Waals surface area contributed by atoms with Crippen LogP contribution in [-0.4, -0.2) is 31.7 Å². The molecule has 0 saturated carbocycles. The number of hydrogen-bond acceptors (Lipinski definition) is 3. The Morgan fingerprint density at radius 3 is 2.58 bits per heavy atom. The largest absolute Gasteiger partial charge is 0.445 e. The standard InChI is InChI=1S/C19H22N2O3/c1-3-11-24-19(23)21-13-16(12-20-14(2)22)18-10-6-8-15-7-4-5-9-17(15)18/h3-10,16H,1,11-13H2,2H3,(H,20,22)(H,21,23). The SMILES string of the molecule is C=CCOC(=O)NCC(CNC(C)=O)c1cccc2ccccc12. The van der Waals surface area contributed by atoms with Gasteiger partial charge in [0.05, 0.1) is 0 Å². The van der Waals surface area contributed by atoms with Gasteiger partial charge in [-0.3, -0.25) is 4.79 Å². The molecule has 0 aliphatic rings. The van der Waals surface area contributed by atoms with Gasteiger partial charge in [-0.2, -0.15) is 0 Å². The molecule has 0 aliphatic carbocycles. The molecular weight excluding hydrogens is 304 g/mol. The van der Waals surface area contributed by atoms with Gasteiger partial charge < -0.3 is 15.4 Å². The number of alkyl carbamates (subject to hydrolysis) is 1. The predicted octanol–water partition coefficient (Wildman–Crippen LogP) is 2.97. The Bertz CT molecular complexity index is 722. The molecule has 0 aromatic heterocycles. The molecule has 0 heterocycles. The van der Waals surface area contributed by atoms with Crippen LogP contribution in [-0.2, 0) is 9.53 Å². The van der Waals surface area contributed by atoms with Gasteiger partial charge in [-0.05, 0) is 16.3 Å². The Labute approximate surface area is 141 Å². The summed E-state index contributed by atoms with van der Waals surface area (Å²) in [6.07, 6.45) is 1.02. The minimum atomic E-state index is -0.497. The summed E-state index contributed by atoms with van der Waals surface area (Å²) in [6, 6.07) is 14.1. The van der Waals surface area contributed by atoms with Crippen molar-refractivity contribution in [2.75, 3.05) is 19.7 Å². The third-order valence-electron chi connectivity index (χ3n) is 3.69. The first-order valence-corrected chi connectivity index (χ1v) is 7.85. The average Bonchev–Trinajstić information content (AvgIpc) is 2.59. The molecule has 2 amide bonds. The molecule has 24 heavy (non-hydrogen) atoms. The number of fused-ring (bicyclic) bond motifs is 1. The van der Waals surface area contributed by atoms with Crippen molar-refractivity contribution in [3.8, 4) is 0 Å². The van der Waals surface area contributed by atoms with Crippen LogP contribution in [0.1, 0.15) is 18.4 Å². The highest BCUT2D eigenvalue weighted by Gasteiger charge is 2.16. The van der Waals surface area contributed by atoms with Crippen LogP contribution in [0.3, 0.4) is 0 Å². The molecule has 0 radical (unpaired) electrons. The van der Waals surface area contributed by atoms with E-state index in [1.54, 1.807) is 0 Å². The van der Waals surface area contributed by atoms with E-state index < -0.39 is 6.09 Å². The molecule has 0 aliphatic heterocycles. The monoisotopic (exact) mass is 326 g/mol. The quantitative estimate of drug-likeness (QED) is 0.769. The zero-order valence-electron chi connectivity index (χ0n) is 13.7. The summed E-state index contributed by atoms with van der Waals surface area (Å²) >= 11 is 0. The fraction of sp³-hybridized carbons (Fsp3) is 0.263. The van der Waals surface area contributed by atoms with Crippen LogP contribution in [0.25, 0.3) is 10.8 Å². The van der Waals surface area contributed by atoms with Crippen LogP contribution in [0.15, 0.2) is 55.1 Å². The van der Waals surface area contributed by atoms with Crippen molar-refractivity contribution in [2.45, 2.75) is 12.8 Å². The number of carbonyl (C=O) groups is 2. The first kappa shape index (κ1) is 17.5. The summed E-state index contributed by atoms with van der Waals surface area (Å²) < 4.78 is 4.94. The number of carbonyl (C=O) groups excluding carboxylic acids is 2. The van der Waals surface area contributed by atoms with Gasteiger partial charge in [-0.15, -0.1) is 0 Å². The van der Waals surface area contributed by atoms with E-state index in [0.717, 1.165) is 16.3 Å². The van der Waals surface area contributed by atoms with E-state index in [4.69, 9.17) is 4.74 Å². The molecule has 0 saturated heterocycles. The van der Waals surface area contributed by atoms with Crippen molar-refractivity contribution in [3.05, 3.63) is 60.7 Å². The first-order valence-electron chi connectivity index (χ1n) is 7.85. The number of ether oxygens (including phenoxy) is 1. The Kier molecular flexibility index (Phi) is 6.37. The molecule has 2 aromatic rings. The van der Waals surface area contributed by atoms with Crippen molar-refractivity contribution in [1.29, 1.82) is 0 Å². The van der Waals surface area contributed by atoms with E-state index >= 15 is 0 Å². The lowest BCUT2D eigenvalue weighted by molar-refractivity contribution is -0.119. The van der Waals surface area contributed by atoms with Crippen LogP contribution in [0, 0.1) is 0 Å². The van der Waals surface area contributed by atoms with Crippen molar-refractivity contribution in [2.24, 2.45) is 0 Å². The highest BCUT2D eigenvalue weighted by Crippen LogP contribution is 2.25. The topological polar surface area (TPSA) is 67.4 Å². The summed E-state index contributed by atoms with van der Waals surface area (Å²) in [5.74, 6) is -0.161. The zero-order valence-corrected chi connectivity index (χ0v) is 13.7. The molecule has 0 bridgehead atoms. The summed E-state index contributed by atoms with van der Waals surface area (Å²) in [5.41, 5.74) is 1.07. The molecule has 5 nitrogen and oxygen atoms in total. The maximum Gasteiger partial charge on any atom is 0.407 e. The predicted molar refractivity (Wildman–Crippen MR) is 94.9 cm³/mol. The molecular formula is C19H22N2O3. The Balaban J connectivity index is 2.19. The number of hydrogen-bond donors (Lipinski definition) is 2. The lowest BCUT2D eigenvalue weighted by atomic mass is 9.93. The third kappa shape index (κ3) is 4.84. The number of benzene rings is 2. The second kappa shape index (κ2) is 8.72. The van der Waals surface area contributed by atoms with Crippen molar-refractivity contribution in [1.82, 2.24) is 10.6 Å². The van der Waals surface area contributed by atoms with Crippen LogP contribution < -0.4 is 10.6 Å². The van der Waals surface area contributed by atoms with Crippen LogP contribution in [0.4, 0.5) is 4.79 Å². The zero-order chi connectivity index (χ0) is 17.4. The molecule has 1 atom stereocenters. The maximum atomic E-state index is 11.7. The number of rotatable bonds is 7. The van der Waals surface area contributed by atoms with Crippen molar-refractivity contribution in [3.63, 3.8) is 0 Å². The molecule has 2 N–H and O–H groups in total. The Morgan fingerprint density at radius 1 is 1.12 bits per heavy atom. The van der Waals surface area contributed by atoms with Gasteiger partial charge in [0.25, 0.3) is 0 Å². The van der Waals surface area contributed by atoms with Gasteiger partial charge in [0, 0.05) is 25.9 Å². The van der Waals surface area contributed by atoms with Gasteiger partial charge >= 0.3 is 6.09 Å². The lowest BCUT2D eigenvalue weighted by Gasteiger charge is -2.20. The molecule has 2 rings (SSSR count).